The van der Waals surface area contributed by atoms with Crippen molar-refractivity contribution in [1.29, 1.82) is 0 Å². The smallest absolute Gasteiger partial charge is 0.318 e. The molecule has 2 fully saturated rings. The number of carbonyl (C=O) groups excluding carboxylic acids is 3. The Bertz CT molecular complexity index is 917. The number of imide groups is 1. The molecule has 1 atom stereocenters. The maximum atomic E-state index is 12.8. The highest BCUT2D eigenvalue weighted by molar-refractivity contribution is 6.19. The van der Waals surface area contributed by atoms with Crippen LogP contribution >= 0.6 is 0 Å². The Labute approximate surface area is 162 Å². The van der Waals surface area contributed by atoms with Crippen LogP contribution in [0.3, 0.4) is 0 Å². The van der Waals surface area contributed by atoms with Crippen LogP contribution in [-0.4, -0.2) is 52.9 Å². The van der Waals surface area contributed by atoms with Gasteiger partial charge in [0, 0.05) is 25.5 Å². The van der Waals surface area contributed by atoms with E-state index in [2.05, 4.69) is 10.3 Å². The predicted molar refractivity (Wildman–Crippen MR) is 104 cm³/mol. The maximum Gasteiger partial charge on any atom is 0.331 e. The summed E-state index contributed by atoms with van der Waals surface area (Å²) < 4.78 is 0. The summed E-state index contributed by atoms with van der Waals surface area (Å²) in [5.41, 5.74) is 1.85. The molecule has 8 nitrogen and oxygen atoms in total. The van der Waals surface area contributed by atoms with E-state index in [1.165, 1.54) is 4.90 Å². The maximum absolute atomic E-state index is 12.8. The van der Waals surface area contributed by atoms with Crippen LogP contribution in [-0.2, 0) is 4.79 Å². The third-order valence-corrected chi connectivity index (χ3v) is 5.04. The number of anilines is 2. The summed E-state index contributed by atoms with van der Waals surface area (Å²) in [5.74, 6) is -0.286. The second-order valence-corrected chi connectivity index (χ2v) is 6.95. The van der Waals surface area contributed by atoms with Crippen LogP contribution in [0.15, 0.2) is 48.7 Å². The number of benzene rings is 1. The summed E-state index contributed by atoms with van der Waals surface area (Å²) in [5, 5.41) is 2.88. The molecule has 2 aliphatic rings. The molecular formula is C20H21N5O3. The number of hydrogen-bond donors (Lipinski definition) is 1. The lowest BCUT2D eigenvalue weighted by Crippen LogP contribution is -2.35. The van der Waals surface area contributed by atoms with Gasteiger partial charge in [-0.25, -0.2) is 14.5 Å². The Morgan fingerprint density at radius 2 is 2.04 bits per heavy atom. The highest BCUT2D eigenvalue weighted by Gasteiger charge is 2.35. The van der Waals surface area contributed by atoms with Crippen molar-refractivity contribution in [3.8, 4) is 0 Å². The molecule has 5 amide bonds. The van der Waals surface area contributed by atoms with Gasteiger partial charge in [-0.3, -0.25) is 9.78 Å². The van der Waals surface area contributed by atoms with E-state index in [1.54, 1.807) is 42.4 Å². The van der Waals surface area contributed by atoms with Crippen molar-refractivity contribution < 1.29 is 14.4 Å². The SMILES string of the molecule is CN1CC(=O)N(c2cccc(NC(=O)N3CCC[C@@H]3c3ccccn3)c2)C1=O. The van der Waals surface area contributed by atoms with Crippen molar-refractivity contribution >= 4 is 29.3 Å². The fourth-order valence-electron chi connectivity index (χ4n) is 3.68. The second-order valence-electron chi connectivity index (χ2n) is 6.95. The fraction of sp³-hybridized carbons (Fsp3) is 0.300. The molecule has 2 aliphatic heterocycles. The van der Waals surface area contributed by atoms with E-state index >= 15 is 0 Å². The summed E-state index contributed by atoms with van der Waals surface area (Å²) in [6, 6.07) is 11.8. The van der Waals surface area contributed by atoms with Crippen LogP contribution in [0.25, 0.3) is 0 Å². The van der Waals surface area contributed by atoms with Crippen LogP contribution in [0.2, 0.25) is 0 Å². The lowest BCUT2D eigenvalue weighted by Gasteiger charge is -2.25. The van der Waals surface area contributed by atoms with Gasteiger partial charge in [-0.2, -0.15) is 0 Å². The normalized spacial score (nSPS) is 19.5. The highest BCUT2D eigenvalue weighted by atomic mass is 16.2. The van der Waals surface area contributed by atoms with E-state index in [1.807, 2.05) is 18.2 Å². The molecule has 28 heavy (non-hydrogen) atoms. The number of likely N-dealkylation sites (tertiary alicyclic amines) is 1. The van der Waals surface area contributed by atoms with Gasteiger partial charge in [-0.15, -0.1) is 0 Å². The third kappa shape index (κ3) is 3.28. The molecule has 8 heteroatoms. The zero-order valence-electron chi connectivity index (χ0n) is 15.5. The first-order valence-electron chi connectivity index (χ1n) is 9.21. The highest BCUT2D eigenvalue weighted by Crippen LogP contribution is 2.31. The van der Waals surface area contributed by atoms with Crippen LogP contribution in [0.4, 0.5) is 21.0 Å². The standard InChI is InChI=1S/C20H21N5O3/c1-23-13-18(26)25(20(23)28)15-7-4-6-14(12-15)22-19(27)24-11-5-9-17(24)16-8-2-3-10-21-16/h2-4,6-8,10,12,17H,5,9,11,13H2,1H3,(H,22,27)/t17-/m1/s1. The van der Waals surface area contributed by atoms with Crippen molar-refractivity contribution in [2.24, 2.45) is 0 Å². The molecular weight excluding hydrogens is 358 g/mol. The Kier molecular flexibility index (Phi) is 4.68. The van der Waals surface area contributed by atoms with Crippen molar-refractivity contribution in [3.63, 3.8) is 0 Å². The van der Waals surface area contributed by atoms with Crippen LogP contribution < -0.4 is 10.2 Å². The van der Waals surface area contributed by atoms with Crippen molar-refractivity contribution in [3.05, 3.63) is 54.4 Å². The Hall–Kier alpha value is -3.42. The van der Waals surface area contributed by atoms with E-state index in [-0.39, 0.29) is 30.6 Å². The van der Waals surface area contributed by atoms with Gasteiger partial charge in [0.15, 0.2) is 0 Å². The minimum Gasteiger partial charge on any atom is -0.318 e. The quantitative estimate of drug-likeness (QED) is 0.831. The molecule has 0 spiro atoms. The van der Waals surface area contributed by atoms with Crippen LogP contribution in [0.5, 0.6) is 0 Å². The molecule has 1 aromatic carbocycles. The lowest BCUT2D eigenvalue weighted by atomic mass is 10.1. The van der Waals surface area contributed by atoms with Crippen LogP contribution in [0.1, 0.15) is 24.6 Å². The third-order valence-electron chi connectivity index (χ3n) is 5.04. The predicted octanol–water partition coefficient (Wildman–Crippen LogP) is 2.85. The molecule has 3 heterocycles. The summed E-state index contributed by atoms with van der Waals surface area (Å²) in [7, 11) is 1.58. The van der Waals surface area contributed by atoms with E-state index in [0.717, 1.165) is 23.4 Å². The largest absolute Gasteiger partial charge is 0.331 e. The van der Waals surface area contributed by atoms with Gasteiger partial charge in [-0.1, -0.05) is 12.1 Å². The first kappa shape index (κ1) is 18.0. The lowest BCUT2D eigenvalue weighted by molar-refractivity contribution is -0.116. The first-order valence-corrected chi connectivity index (χ1v) is 9.21. The van der Waals surface area contributed by atoms with Gasteiger partial charge in [0.2, 0.25) is 0 Å². The minimum absolute atomic E-state index is 0.0505. The van der Waals surface area contributed by atoms with Gasteiger partial charge in [-0.05, 0) is 43.2 Å². The molecule has 0 radical (unpaired) electrons. The average Bonchev–Trinajstić information content (AvgIpc) is 3.28. The number of nitrogens with one attached hydrogen (secondary N) is 1. The summed E-state index contributed by atoms with van der Waals surface area (Å²) >= 11 is 0. The average molecular weight is 379 g/mol. The molecule has 1 N–H and O–H groups in total. The topological polar surface area (TPSA) is 85.8 Å². The molecule has 0 bridgehead atoms. The van der Waals surface area contributed by atoms with E-state index in [4.69, 9.17) is 0 Å². The molecule has 2 aromatic rings. The Morgan fingerprint density at radius 1 is 1.18 bits per heavy atom. The van der Waals surface area contributed by atoms with E-state index in [0.29, 0.717) is 17.9 Å². The number of amides is 5. The monoisotopic (exact) mass is 379 g/mol. The van der Waals surface area contributed by atoms with Gasteiger partial charge < -0.3 is 15.1 Å². The summed E-state index contributed by atoms with van der Waals surface area (Å²) in [6.45, 7) is 0.704. The molecule has 4 rings (SSSR count). The number of likely N-dealkylation sites (N-methyl/N-ethyl adjacent to an activating group) is 1. The van der Waals surface area contributed by atoms with Gasteiger partial charge in [0.1, 0.15) is 6.54 Å². The van der Waals surface area contributed by atoms with E-state index < -0.39 is 0 Å². The zero-order chi connectivity index (χ0) is 19.7. The van der Waals surface area contributed by atoms with Crippen molar-refractivity contribution in [2.45, 2.75) is 18.9 Å². The van der Waals surface area contributed by atoms with Gasteiger partial charge in [0.05, 0.1) is 17.4 Å². The van der Waals surface area contributed by atoms with E-state index in [9.17, 15) is 14.4 Å². The number of carbonyl (C=O) groups is 3. The molecule has 2 saturated heterocycles. The number of hydrogen-bond acceptors (Lipinski definition) is 4. The summed E-state index contributed by atoms with van der Waals surface area (Å²) in [4.78, 5) is 45.8. The van der Waals surface area contributed by atoms with Gasteiger partial charge in [0.25, 0.3) is 5.91 Å². The number of rotatable bonds is 3. The first-order chi connectivity index (χ1) is 13.5. The molecule has 0 saturated carbocycles. The van der Waals surface area contributed by atoms with Crippen molar-refractivity contribution in [2.75, 3.05) is 30.4 Å². The minimum atomic E-state index is -0.372. The van der Waals surface area contributed by atoms with Crippen molar-refractivity contribution in [1.82, 2.24) is 14.8 Å². The fourth-order valence-corrected chi connectivity index (χ4v) is 3.68. The Balaban J connectivity index is 1.51. The molecule has 1 aromatic heterocycles. The number of pyridine rings is 1. The van der Waals surface area contributed by atoms with Gasteiger partial charge >= 0.3 is 12.1 Å². The molecule has 0 unspecified atom stereocenters. The molecule has 144 valence electrons. The Morgan fingerprint density at radius 3 is 2.75 bits per heavy atom. The number of aromatic nitrogens is 1. The zero-order valence-corrected chi connectivity index (χ0v) is 15.5. The van der Waals surface area contributed by atoms with Crippen LogP contribution in [0, 0.1) is 0 Å². The number of urea groups is 2. The molecule has 0 aliphatic carbocycles. The second kappa shape index (κ2) is 7.30. The summed E-state index contributed by atoms with van der Waals surface area (Å²) in [6.07, 6.45) is 3.51. The number of nitrogens with zero attached hydrogens (tertiary/aromatic N) is 4.